The fourth-order valence-electron chi connectivity index (χ4n) is 2.79. The van der Waals surface area contributed by atoms with Crippen molar-refractivity contribution in [2.45, 2.75) is 18.7 Å². The summed E-state index contributed by atoms with van der Waals surface area (Å²) >= 11 is 1.77. The lowest BCUT2D eigenvalue weighted by atomic mass is 10.3. The lowest BCUT2D eigenvalue weighted by Gasteiger charge is -2.35. The van der Waals surface area contributed by atoms with Crippen LogP contribution in [0.5, 0.6) is 0 Å². The zero-order valence-electron chi connectivity index (χ0n) is 12.4. The first-order valence-electron chi connectivity index (χ1n) is 7.60. The third kappa shape index (κ3) is 4.59. The summed E-state index contributed by atoms with van der Waals surface area (Å²) in [7, 11) is -2.96. The molecule has 5 nitrogen and oxygen atoms in total. The third-order valence-corrected chi connectivity index (χ3v) is 7.48. The van der Waals surface area contributed by atoms with Gasteiger partial charge in [-0.05, 0) is 19.5 Å². The second-order valence-electron chi connectivity index (χ2n) is 5.46. The van der Waals surface area contributed by atoms with Crippen LogP contribution in [0.25, 0.3) is 0 Å². The molecular weight excluding hydrogens is 294 g/mol. The van der Waals surface area contributed by atoms with E-state index in [2.05, 4.69) is 15.1 Å². The number of nitrogens with zero attached hydrogens (tertiary/aromatic N) is 2. The molecule has 0 aromatic carbocycles. The Labute approximate surface area is 127 Å². The van der Waals surface area contributed by atoms with Crippen molar-refractivity contribution in [3.63, 3.8) is 0 Å². The second kappa shape index (κ2) is 7.98. The zero-order valence-corrected chi connectivity index (χ0v) is 14.0. The van der Waals surface area contributed by atoms with Crippen LogP contribution >= 0.6 is 11.8 Å². The molecule has 2 aliphatic heterocycles. The topological polar surface area (TPSA) is 52.7 Å². The molecule has 1 unspecified atom stereocenters. The predicted octanol–water partition coefficient (Wildman–Crippen LogP) is 0.0913. The molecule has 0 bridgehead atoms. The van der Waals surface area contributed by atoms with Crippen molar-refractivity contribution in [1.82, 2.24) is 15.1 Å². The molecule has 2 aliphatic rings. The number of hydrogen-bond acceptors (Lipinski definition) is 6. The molecule has 0 aliphatic carbocycles. The summed E-state index contributed by atoms with van der Waals surface area (Å²) in [4.78, 5) is 4.64. The van der Waals surface area contributed by atoms with Gasteiger partial charge in [0.2, 0.25) is 0 Å². The molecule has 0 radical (unpaired) electrons. The van der Waals surface area contributed by atoms with Crippen LogP contribution in [0.1, 0.15) is 13.3 Å². The molecule has 1 atom stereocenters. The highest BCUT2D eigenvalue weighted by molar-refractivity contribution is 8.01. The van der Waals surface area contributed by atoms with Crippen LogP contribution < -0.4 is 5.32 Å². The van der Waals surface area contributed by atoms with Gasteiger partial charge in [-0.2, -0.15) is 11.8 Å². The highest BCUT2D eigenvalue weighted by Gasteiger charge is 2.32. The smallest absolute Gasteiger partial charge is 0.166 e. The maximum Gasteiger partial charge on any atom is 0.166 e. The Morgan fingerprint density at radius 2 is 2.05 bits per heavy atom. The Morgan fingerprint density at radius 3 is 2.85 bits per heavy atom. The number of rotatable bonds is 5. The number of thioether (sulfide) groups is 1. The monoisotopic (exact) mass is 321 g/mol. The van der Waals surface area contributed by atoms with Gasteiger partial charge in [0.1, 0.15) is 5.37 Å². The normalized spacial score (nSPS) is 27.4. The fraction of sp³-hybridized carbons (Fsp3) is 1.00. The number of sulfone groups is 1. The molecule has 2 rings (SSSR count). The minimum Gasteiger partial charge on any atom is -0.315 e. The SMILES string of the molecule is CCS(=O)(=O)C1CSCCN1CCN1CCCNCC1. The predicted molar refractivity (Wildman–Crippen MR) is 86.1 cm³/mol. The van der Waals surface area contributed by atoms with E-state index in [1.807, 2.05) is 0 Å². The molecule has 0 saturated carbocycles. The summed E-state index contributed by atoms with van der Waals surface area (Å²) in [5, 5.41) is 3.14. The van der Waals surface area contributed by atoms with E-state index in [1.165, 1.54) is 6.42 Å². The molecule has 1 N–H and O–H groups in total. The van der Waals surface area contributed by atoms with Gasteiger partial charge in [-0.15, -0.1) is 0 Å². The van der Waals surface area contributed by atoms with Crippen molar-refractivity contribution in [2.75, 3.05) is 63.1 Å². The lowest BCUT2D eigenvalue weighted by Crippen LogP contribution is -2.50. The number of hydrogen-bond donors (Lipinski definition) is 1. The van der Waals surface area contributed by atoms with Gasteiger partial charge in [0, 0.05) is 50.0 Å². The van der Waals surface area contributed by atoms with Crippen molar-refractivity contribution in [1.29, 1.82) is 0 Å². The minimum atomic E-state index is -2.96. The Balaban J connectivity index is 1.88. The van der Waals surface area contributed by atoms with Crippen LogP contribution in [0.2, 0.25) is 0 Å². The van der Waals surface area contributed by atoms with Gasteiger partial charge in [0.25, 0.3) is 0 Å². The lowest BCUT2D eigenvalue weighted by molar-refractivity contribution is 0.207. The summed E-state index contributed by atoms with van der Waals surface area (Å²) in [6.45, 7) is 8.88. The van der Waals surface area contributed by atoms with Crippen LogP contribution in [0, 0.1) is 0 Å². The average molecular weight is 322 g/mol. The van der Waals surface area contributed by atoms with Crippen LogP contribution in [0.4, 0.5) is 0 Å². The van der Waals surface area contributed by atoms with Gasteiger partial charge in [-0.25, -0.2) is 8.42 Å². The van der Waals surface area contributed by atoms with Crippen molar-refractivity contribution in [2.24, 2.45) is 0 Å². The van der Waals surface area contributed by atoms with E-state index in [0.29, 0.717) is 0 Å². The highest BCUT2D eigenvalue weighted by atomic mass is 32.2. The Morgan fingerprint density at radius 1 is 1.20 bits per heavy atom. The van der Waals surface area contributed by atoms with Gasteiger partial charge in [-0.3, -0.25) is 4.90 Å². The molecule has 7 heteroatoms. The van der Waals surface area contributed by atoms with Crippen molar-refractivity contribution in [3.8, 4) is 0 Å². The third-order valence-electron chi connectivity index (χ3n) is 4.14. The second-order valence-corrected chi connectivity index (χ2v) is 9.06. The van der Waals surface area contributed by atoms with Crippen molar-refractivity contribution < 1.29 is 8.42 Å². The van der Waals surface area contributed by atoms with E-state index >= 15 is 0 Å². The highest BCUT2D eigenvalue weighted by Crippen LogP contribution is 2.21. The Bertz CT molecular complexity index is 381. The van der Waals surface area contributed by atoms with Gasteiger partial charge >= 0.3 is 0 Å². The van der Waals surface area contributed by atoms with Gasteiger partial charge in [-0.1, -0.05) is 6.92 Å². The molecule has 0 amide bonds. The van der Waals surface area contributed by atoms with Gasteiger partial charge in [0.15, 0.2) is 9.84 Å². The first-order valence-corrected chi connectivity index (χ1v) is 10.5. The fourth-order valence-corrected chi connectivity index (χ4v) is 5.90. The van der Waals surface area contributed by atoms with E-state index in [1.54, 1.807) is 18.7 Å². The Hall–Kier alpha value is 0.180. The molecule has 0 spiro atoms. The molecule has 2 heterocycles. The van der Waals surface area contributed by atoms with Crippen molar-refractivity contribution >= 4 is 21.6 Å². The number of nitrogens with one attached hydrogen (secondary N) is 1. The maximum atomic E-state index is 12.2. The van der Waals surface area contributed by atoms with E-state index < -0.39 is 9.84 Å². The molecule has 2 fully saturated rings. The summed E-state index contributed by atoms with van der Waals surface area (Å²) in [6.07, 6.45) is 1.19. The Kier molecular flexibility index (Phi) is 6.61. The maximum absolute atomic E-state index is 12.2. The molecule has 0 aromatic heterocycles. The van der Waals surface area contributed by atoms with Crippen LogP contribution in [-0.4, -0.2) is 86.7 Å². The quantitative estimate of drug-likeness (QED) is 0.775. The van der Waals surface area contributed by atoms with Crippen LogP contribution in [-0.2, 0) is 9.84 Å². The van der Waals surface area contributed by atoms with Crippen LogP contribution in [0.3, 0.4) is 0 Å². The average Bonchev–Trinajstić information content (AvgIpc) is 2.74. The summed E-state index contributed by atoms with van der Waals surface area (Å²) < 4.78 is 24.4. The molecule has 118 valence electrons. The van der Waals surface area contributed by atoms with E-state index in [4.69, 9.17) is 0 Å². The van der Waals surface area contributed by atoms with E-state index in [-0.39, 0.29) is 11.1 Å². The zero-order chi connectivity index (χ0) is 14.4. The van der Waals surface area contributed by atoms with Gasteiger partial charge < -0.3 is 10.2 Å². The summed E-state index contributed by atoms with van der Waals surface area (Å²) in [5.41, 5.74) is 0. The first-order chi connectivity index (χ1) is 9.63. The standard InChI is InChI=1S/C13H27N3O2S2/c1-2-20(17,18)13-12-19-11-10-16(13)9-8-15-6-3-4-14-5-7-15/h13-14H,2-12H2,1H3. The van der Waals surface area contributed by atoms with E-state index in [0.717, 1.165) is 57.3 Å². The van der Waals surface area contributed by atoms with Crippen molar-refractivity contribution in [3.05, 3.63) is 0 Å². The minimum absolute atomic E-state index is 0.252. The van der Waals surface area contributed by atoms with E-state index in [9.17, 15) is 8.42 Å². The first kappa shape index (κ1) is 16.5. The molecule has 20 heavy (non-hydrogen) atoms. The largest absolute Gasteiger partial charge is 0.315 e. The summed E-state index contributed by atoms with van der Waals surface area (Å²) in [5.74, 6) is 2.04. The molecule has 2 saturated heterocycles. The van der Waals surface area contributed by atoms with Gasteiger partial charge in [0.05, 0.1) is 0 Å². The summed E-state index contributed by atoms with van der Waals surface area (Å²) in [6, 6.07) is 0. The molecule has 0 aromatic rings. The van der Waals surface area contributed by atoms with Crippen LogP contribution in [0.15, 0.2) is 0 Å². The molecular formula is C13H27N3O2S2.